The lowest BCUT2D eigenvalue weighted by atomic mass is 10.2. The van der Waals surface area contributed by atoms with Crippen LogP contribution in [-0.2, 0) is 4.79 Å². The quantitative estimate of drug-likeness (QED) is 0.377. The number of carbonyl (C=O) groups excluding carboxylic acids is 2. The van der Waals surface area contributed by atoms with E-state index in [0.29, 0.717) is 29.2 Å². The second-order valence-electron chi connectivity index (χ2n) is 4.88. The summed E-state index contributed by atoms with van der Waals surface area (Å²) in [4.78, 5) is 24.0. The summed E-state index contributed by atoms with van der Waals surface area (Å²) in [5, 5.41) is 5.71. The van der Waals surface area contributed by atoms with Crippen molar-refractivity contribution in [3.05, 3.63) is 45.6 Å². The molecule has 0 fully saturated rings. The molecule has 1 heterocycles. The number of thiophene rings is 1. The van der Waals surface area contributed by atoms with Gasteiger partial charge in [-0.25, -0.2) is 5.43 Å². The van der Waals surface area contributed by atoms with Crippen molar-refractivity contribution in [2.75, 3.05) is 6.61 Å². The van der Waals surface area contributed by atoms with E-state index in [4.69, 9.17) is 9.47 Å². The fraction of sp³-hybridized carbons (Fsp3) is 0.235. The van der Waals surface area contributed by atoms with E-state index in [1.54, 1.807) is 29.6 Å². The topological polar surface area (TPSA) is 77.0 Å². The van der Waals surface area contributed by atoms with Crippen molar-refractivity contribution in [2.45, 2.75) is 20.8 Å². The Morgan fingerprint density at radius 3 is 2.71 bits per heavy atom. The number of esters is 1. The van der Waals surface area contributed by atoms with Crippen LogP contribution in [0, 0.1) is 6.92 Å². The highest BCUT2D eigenvalue weighted by molar-refractivity contribution is 7.10. The average molecular weight is 346 g/mol. The number of aryl methyl sites for hydroxylation is 1. The van der Waals surface area contributed by atoms with E-state index in [9.17, 15) is 9.59 Å². The van der Waals surface area contributed by atoms with Crippen molar-refractivity contribution in [1.82, 2.24) is 5.43 Å². The maximum atomic E-state index is 11.9. The zero-order valence-corrected chi connectivity index (χ0v) is 14.5. The van der Waals surface area contributed by atoms with E-state index in [-0.39, 0.29) is 5.91 Å². The molecule has 0 aliphatic heterocycles. The van der Waals surface area contributed by atoms with E-state index in [0.717, 1.165) is 4.88 Å². The third-order valence-electron chi connectivity index (χ3n) is 2.89. The Balaban J connectivity index is 2.07. The molecular weight excluding hydrogens is 328 g/mol. The number of benzene rings is 1. The molecular formula is C17H18N2O4S. The highest BCUT2D eigenvalue weighted by Gasteiger charge is 2.09. The minimum absolute atomic E-state index is 0.267. The molecule has 2 aromatic rings. The molecule has 7 heteroatoms. The van der Waals surface area contributed by atoms with Crippen LogP contribution in [0.4, 0.5) is 0 Å². The van der Waals surface area contributed by atoms with Crippen molar-refractivity contribution >= 4 is 29.4 Å². The van der Waals surface area contributed by atoms with Crippen molar-refractivity contribution < 1.29 is 19.1 Å². The van der Waals surface area contributed by atoms with Crippen LogP contribution in [0.25, 0.3) is 0 Å². The summed E-state index contributed by atoms with van der Waals surface area (Å²) in [5.41, 5.74) is 3.75. The fourth-order valence-corrected chi connectivity index (χ4v) is 2.59. The second kappa shape index (κ2) is 8.26. The number of rotatable bonds is 6. The maximum Gasteiger partial charge on any atom is 0.308 e. The van der Waals surface area contributed by atoms with E-state index < -0.39 is 5.97 Å². The number of nitrogens with zero attached hydrogens (tertiary/aromatic N) is 1. The lowest BCUT2D eigenvalue weighted by Gasteiger charge is -2.10. The van der Waals surface area contributed by atoms with Crippen LogP contribution < -0.4 is 14.9 Å². The van der Waals surface area contributed by atoms with Crippen LogP contribution in [0.1, 0.15) is 34.6 Å². The Morgan fingerprint density at radius 1 is 1.29 bits per heavy atom. The first kappa shape index (κ1) is 17.7. The molecule has 0 spiro atoms. The zero-order valence-electron chi connectivity index (χ0n) is 13.7. The molecule has 6 nitrogen and oxygen atoms in total. The number of nitrogens with one attached hydrogen (secondary N) is 1. The summed E-state index contributed by atoms with van der Waals surface area (Å²) >= 11 is 1.51. The van der Waals surface area contributed by atoms with Crippen LogP contribution in [0.3, 0.4) is 0 Å². The molecule has 1 N–H and O–H groups in total. The molecule has 2 rings (SSSR count). The van der Waals surface area contributed by atoms with Crippen LogP contribution in [-0.4, -0.2) is 24.7 Å². The molecule has 0 atom stereocenters. The number of hydrogen-bond donors (Lipinski definition) is 1. The lowest BCUT2D eigenvalue weighted by Crippen LogP contribution is -2.16. The summed E-state index contributed by atoms with van der Waals surface area (Å²) in [6, 6.07) is 6.83. The SMILES string of the molecule is CCOc1cc(/C=N\NC(=O)c2csc(C)c2)ccc1OC(C)=O. The minimum atomic E-state index is -0.421. The van der Waals surface area contributed by atoms with Gasteiger partial charge in [0, 0.05) is 17.2 Å². The highest BCUT2D eigenvalue weighted by atomic mass is 32.1. The summed E-state index contributed by atoms with van der Waals surface area (Å²) in [6.45, 7) is 5.53. The number of amides is 1. The predicted octanol–water partition coefficient (Wildman–Crippen LogP) is 3.14. The monoisotopic (exact) mass is 346 g/mol. The minimum Gasteiger partial charge on any atom is -0.490 e. The Hall–Kier alpha value is -2.67. The second-order valence-corrected chi connectivity index (χ2v) is 5.99. The zero-order chi connectivity index (χ0) is 17.5. The summed E-state index contributed by atoms with van der Waals surface area (Å²) in [5.74, 6) is 0.101. The Labute approximate surface area is 144 Å². The first-order chi connectivity index (χ1) is 11.5. The van der Waals surface area contributed by atoms with Gasteiger partial charge < -0.3 is 9.47 Å². The predicted molar refractivity (Wildman–Crippen MR) is 93.0 cm³/mol. The molecule has 0 saturated carbocycles. The van der Waals surface area contributed by atoms with E-state index in [1.165, 1.54) is 24.5 Å². The highest BCUT2D eigenvalue weighted by Crippen LogP contribution is 2.28. The third-order valence-corrected chi connectivity index (χ3v) is 3.76. The van der Waals surface area contributed by atoms with E-state index in [1.807, 2.05) is 13.8 Å². The smallest absolute Gasteiger partial charge is 0.308 e. The van der Waals surface area contributed by atoms with Gasteiger partial charge >= 0.3 is 5.97 Å². The molecule has 1 amide bonds. The number of carbonyl (C=O) groups is 2. The van der Waals surface area contributed by atoms with Crippen LogP contribution in [0.5, 0.6) is 11.5 Å². The molecule has 0 radical (unpaired) electrons. The van der Waals surface area contributed by atoms with Gasteiger partial charge in [0.05, 0.1) is 18.4 Å². The van der Waals surface area contributed by atoms with Crippen molar-refractivity contribution in [3.8, 4) is 11.5 Å². The standard InChI is InChI=1S/C17H18N2O4S/c1-4-22-16-8-13(5-6-15(16)23-12(3)20)9-18-19-17(21)14-7-11(2)24-10-14/h5-10H,4H2,1-3H3,(H,19,21)/b18-9-. The van der Waals surface area contributed by atoms with Crippen LogP contribution >= 0.6 is 11.3 Å². The Morgan fingerprint density at radius 2 is 2.08 bits per heavy atom. The van der Waals surface area contributed by atoms with Gasteiger partial charge in [-0.05, 0) is 43.7 Å². The van der Waals surface area contributed by atoms with Gasteiger partial charge in [0.1, 0.15) is 0 Å². The first-order valence-corrected chi connectivity index (χ1v) is 8.21. The normalized spacial score (nSPS) is 10.6. The first-order valence-electron chi connectivity index (χ1n) is 7.33. The van der Waals surface area contributed by atoms with Gasteiger partial charge in [0.15, 0.2) is 11.5 Å². The Bertz CT molecular complexity index is 768. The van der Waals surface area contributed by atoms with E-state index in [2.05, 4.69) is 10.5 Å². The average Bonchev–Trinajstić information content (AvgIpc) is 2.96. The van der Waals surface area contributed by atoms with Gasteiger partial charge in [-0.2, -0.15) is 5.10 Å². The van der Waals surface area contributed by atoms with Gasteiger partial charge in [-0.15, -0.1) is 11.3 Å². The molecule has 0 unspecified atom stereocenters. The number of hydrogen-bond acceptors (Lipinski definition) is 6. The van der Waals surface area contributed by atoms with E-state index >= 15 is 0 Å². The van der Waals surface area contributed by atoms with Gasteiger partial charge in [-0.1, -0.05) is 0 Å². The molecule has 1 aromatic heterocycles. The number of ether oxygens (including phenoxy) is 2. The number of hydrazone groups is 1. The summed E-state index contributed by atoms with van der Waals surface area (Å²) in [6.07, 6.45) is 1.50. The summed E-state index contributed by atoms with van der Waals surface area (Å²) in [7, 11) is 0. The molecule has 24 heavy (non-hydrogen) atoms. The maximum absolute atomic E-state index is 11.9. The van der Waals surface area contributed by atoms with Crippen molar-refractivity contribution in [3.63, 3.8) is 0 Å². The van der Waals surface area contributed by atoms with Gasteiger partial charge in [-0.3, -0.25) is 9.59 Å². The van der Waals surface area contributed by atoms with Crippen molar-refractivity contribution in [1.29, 1.82) is 0 Å². The molecule has 0 aliphatic carbocycles. The molecule has 0 saturated heterocycles. The fourth-order valence-electron chi connectivity index (χ4n) is 1.90. The van der Waals surface area contributed by atoms with Gasteiger partial charge in [0.2, 0.25) is 0 Å². The molecule has 126 valence electrons. The van der Waals surface area contributed by atoms with Crippen molar-refractivity contribution in [2.24, 2.45) is 5.10 Å². The van der Waals surface area contributed by atoms with Crippen LogP contribution in [0.2, 0.25) is 0 Å². The molecule has 0 bridgehead atoms. The largest absolute Gasteiger partial charge is 0.490 e. The Kier molecular flexibility index (Phi) is 6.08. The lowest BCUT2D eigenvalue weighted by molar-refractivity contribution is -0.132. The third kappa shape index (κ3) is 4.92. The van der Waals surface area contributed by atoms with Crippen LogP contribution in [0.15, 0.2) is 34.7 Å². The molecule has 0 aliphatic rings. The van der Waals surface area contributed by atoms with Gasteiger partial charge in [0.25, 0.3) is 5.91 Å². The summed E-state index contributed by atoms with van der Waals surface area (Å²) < 4.78 is 10.5. The molecule has 1 aromatic carbocycles.